The summed E-state index contributed by atoms with van der Waals surface area (Å²) in [6, 6.07) is 7.05. The summed E-state index contributed by atoms with van der Waals surface area (Å²) in [4.78, 5) is 14.6. The van der Waals surface area contributed by atoms with Gasteiger partial charge in [-0.3, -0.25) is 4.79 Å². The lowest BCUT2D eigenvalue weighted by Crippen LogP contribution is -2.42. The van der Waals surface area contributed by atoms with Crippen LogP contribution in [0.4, 0.5) is 0 Å². The van der Waals surface area contributed by atoms with Crippen molar-refractivity contribution >= 4 is 5.91 Å². The first-order valence-electron chi connectivity index (χ1n) is 7.38. The Balaban J connectivity index is 2.29. The Bertz CT molecular complexity index is 544. The van der Waals surface area contributed by atoms with Crippen molar-refractivity contribution < 1.29 is 15.0 Å². The van der Waals surface area contributed by atoms with Crippen LogP contribution in [0.3, 0.4) is 0 Å². The molecule has 1 saturated heterocycles. The molecule has 1 fully saturated rings. The van der Waals surface area contributed by atoms with Crippen LogP contribution < -0.4 is 0 Å². The molecule has 21 heavy (non-hydrogen) atoms. The monoisotopic (exact) mass is 287 g/mol. The minimum atomic E-state index is -0.231. The summed E-state index contributed by atoms with van der Waals surface area (Å²) in [5.74, 6) is 5.32. The van der Waals surface area contributed by atoms with Gasteiger partial charge in [0.15, 0.2) is 0 Å². The fraction of sp³-hybridized carbons (Fsp3) is 0.471. The van der Waals surface area contributed by atoms with Crippen LogP contribution in [0.5, 0.6) is 0 Å². The Morgan fingerprint density at radius 3 is 2.81 bits per heavy atom. The van der Waals surface area contributed by atoms with Crippen LogP contribution in [0, 0.1) is 11.8 Å². The minimum Gasteiger partial charge on any atom is -0.394 e. The van der Waals surface area contributed by atoms with E-state index < -0.39 is 0 Å². The van der Waals surface area contributed by atoms with Gasteiger partial charge in [0.2, 0.25) is 0 Å². The molecule has 1 atom stereocenters. The van der Waals surface area contributed by atoms with Gasteiger partial charge in [0.05, 0.1) is 18.2 Å². The Morgan fingerprint density at radius 1 is 1.24 bits per heavy atom. The van der Waals surface area contributed by atoms with Crippen LogP contribution in [-0.2, 0) is 0 Å². The van der Waals surface area contributed by atoms with Crippen LogP contribution in [0.1, 0.15) is 41.6 Å². The normalized spacial score (nSPS) is 18.6. The Kier molecular flexibility index (Phi) is 5.79. The van der Waals surface area contributed by atoms with Gasteiger partial charge in [0.25, 0.3) is 5.91 Å². The van der Waals surface area contributed by atoms with Gasteiger partial charge >= 0.3 is 0 Å². The molecular weight excluding hydrogens is 266 g/mol. The zero-order valence-electron chi connectivity index (χ0n) is 12.1. The first-order chi connectivity index (χ1) is 10.3. The van der Waals surface area contributed by atoms with E-state index in [1.54, 1.807) is 17.0 Å². The molecule has 2 rings (SSSR count). The molecule has 0 radical (unpaired) electrons. The molecule has 1 amide bonds. The average molecular weight is 287 g/mol. The van der Waals surface area contributed by atoms with E-state index >= 15 is 0 Å². The standard InChI is InChI=1S/C17H21NO3/c19-12-6-8-14-7-3-4-10-16(14)17(21)18-11-5-1-2-9-15(18)13-20/h3-4,7,10,15,19-20H,1-2,5,9,11-13H2. The molecule has 0 saturated carbocycles. The van der Waals surface area contributed by atoms with E-state index in [1.807, 2.05) is 12.1 Å². The number of hydrogen-bond donors (Lipinski definition) is 2. The molecule has 1 aromatic rings. The molecular formula is C17H21NO3. The van der Waals surface area contributed by atoms with Crippen molar-refractivity contribution in [2.75, 3.05) is 19.8 Å². The third-order valence-electron chi connectivity index (χ3n) is 3.81. The van der Waals surface area contributed by atoms with Gasteiger partial charge in [0, 0.05) is 12.1 Å². The third kappa shape index (κ3) is 3.84. The molecule has 112 valence electrons. The third-order valence-corrected chi connectivity index (χ3v) is 3.81. The van der Waals surface area contributed by atoms with E-state index in [2.05, 4.69) is 11.8 Å². The van der Waals surface area contributed by atoms with E-state index in [0.717, 1.165) is 25.7 Å². The van der Waals surface area contributed by atoms with Gasteiger partial charge in [-0.2, -0.15) is 0 Å². The van der Waals surface area contributed by atoms with E-state index in [1.165, 1.54) is 0 Å². The number of likely N-dealkylation sites (tertiary alicyclic amines) is 1. The van der Waals surface area contributed by atoms with E-state index in [-0.39, 0.29) is 25.2 Å². The van der Waals surface area contributed by atoms with Gasteiger partial charge in [-0.15, -0.1) is 0 Å². The number of carbonyl (C=O) groups is 1. The number of nitrogens with zero attached hydrogens (tertiary/aromatic N) is 1. The molecule has 4 heteroatoms. The van der Waals surface area contributed by atoms with Crippen molar-refractivity contribution in [1.82, 2.24) is 4.90 Å². The summed E-state index contributed by atoms with van der Waals surface area (Å²) < 4.78 is 0. The maximum Gasteiger partial charge on any atom is 0.255 e. The molecule has 1 unspecified atom stereocenters. The molecule has 2 N–H and O–H groups in total. The van der Waals surface area contributed by atoms with Crippen molar-refractivity contribution in [2.45, 2.75) is 31.7 Å². The summed E-state index contributed by atoms with van der Waals surface area (Å²) in [6.45, 7) is 0.438. The van der Waals surface area contributed by atoms with Crippen LogP contribution in [-0.4, -0.2) is 46.8 Å². The molecule has 0 aliphatic carbocycles. The molecule has 0 spiro atoms. The lowest BCUT2D eigenvalue weighted by Gasteiger charge is -2.29. The zero-order chi connectivity index (χ0) is 15.1. The molecule has 1 heterocycles. The highest BCUT2D eigenvalue weighted by molar-refractivity contribution is 5.97. The van der Waals surface area contributed by atoms with Crippen molar-refractivity contribution in [3.63, 3.8) is 0 Å². The number of aliphatic hydroxyl groups excluding tert-OH is 2. The van der Waals surface area contributed by atoms with Gasteiger partial charge < -0.3 is 15.1 Å². The Morgan fingerprint density at radius 2 is 2.05 bits per heavy atom. The smallest absolute Gasteiger partial charge is 0.255 e. The van der Waals surface area contributed by atoms with Crippen molar-refractivity contribution in [3.05, 3.63) is 35.4 Å². The predicted octanol–water partition coefficient (Wildman–Crippen LogP) is 1.41. The van der Waals surface area contributed by atoms with Crippen LogP contribution in [0.25, 0.3) is 0 Å². The summed E-state index contributed by atoms with van der Waals surface area (Å²) in [5.41, 5.74) is 1.16. The SMILES string of the molecule is O=C(c1ccccc1C#CCO)N1CCCCCC1CO. The number of carbonyl (C=O) groups excluding carboxylic acids is 1. The van der Waals surface area contributed by atoms with Gasteiger partial charge in [-0.25, -0.2) is 0 Å². The van der Waals surface area contributed by atoms with E-state index in [0.29, 0.717) is 17.7 Å². The second-order valence-corrected chi connectivity index (χ2v) is 5.19. The Hall–Kier alpha value is -1.83. The zero-order valence-corrected chi connectivity index (χ0v) is 12.1. The first-order valence-corrected chi connectivity index (χ1v) is 7.38. The van der Waals surface area contributed by atoms with Crippen LogP contribution in [0.2, 0.25) is 0 Å². The Labute approximate surface area is 125 Å². The quantitative estimate of drug-likeness (QED) is 0.809. The number of benzene rings is 1. The lowest BCUT2D eigenvalue weighted by molar-refractivity contribution is 0.0599. The van der Waals surface area contributed by atoms with Crippen molar-refractivity contribution in [3.8, 4) is 11.8 Å². The highest BCUT2D eigenvalue weighted by atomic mass is 16.3. The summed E-state index contributed by atoms with van der Waals surface area (Å²) in [6.07, 6.45) is 3.94. The largest absolute Gasteiger partial charge is 0.394 e. The summed E-state index contributed by atoms with van der Waals surface area (Å²) >= 11 is 0. The second kappa shape index (κ2) is 7.82. The molecule has 4 nitrogen and oxygen atoms in total. The van der Waals surface area contributed by atoms with Crippen molar-refractivity contribution in [1.29, 1.82) is 0 Å². The minimum absolute atomic E-state index is 0.00374. The van der Waals surface area contributed by atoms with Crippen molar-refractivity contribution in [2.24, 2.45) is 0 Å². The second-order valence-electron chi connectivity index (χ2n) is 5.19. The van der Waals surface area contributed by atoms with Gasteiger partial charge in [-0.05, 0) is 25.0 Å². The molecule has 1 aromatic carbocycles. The maximum atomic E-state index is 12.8. The first kappa shape index (κ1) is 15.6. The molecule has 0 bridgehead atoms. The molecule has 1 aliphatic heterocycles. The number of rotatable bonds is 2. The van der Waals surface area contributed by atoms with Gasteiger partial charge in [0.1, 0.15) is 6.61 Å². The summed E-state index contributed by atoms with van der Waals surface area (Å²) in [7, 11) is 0. The lowest BCUT2D eigenvalue weighted by atomic mass is 10.0. The maximum absolute atomic E-state index is 12.8. The topological polar surface area (TPSA) is 60.8 Å². The number of hydrogen-bond acceptors (Lipinski definition) is 3. The van der Waals surface area contributed by atoms with E-state index in [4.69, 9.17) is 5.11 Å². The molecule has 0 aromatic heterocycles. The number of amides is 1. The van der Waals surface area contributed by atoms with Gasteiger partial charge in [-0.1, -0.05) is 36.8 Å². The molecule has 1 aliphatic rings. The number of aliphatic hydroxyl groups is 2. The predicted molar refractivity (Wildman–Crippen MR) is 80.8 cm³/mol. The van der Waals surface area contributed by atoms with E-state index in [9.17, 15) is 9.90 Å². The fourth-order valence-corrected chi connectivity index (χ4v) is 2.70. The van der Waals surface area contributed by atoms with Crippen LogP contribution >= 0.6 is 0 Å². The summed E-state index contributed by atoms with van der Waals surface area (Å²) in [5, 5.41) is 18.4. The highest BCUT2D eigenvalue weighted by Crippen LogP contribution is 2.20. The average Bonchev–Trinajstić information content (AvgIpc) is 2.77. The fourth-order valence-electron chi connectivity index (χ4n) is 2.70. The highest BCUT2D eigenvalue weighted by Gasteiger charge is 2.26. The van der Waals surface area contributed by atoms with Crippen LogP contribution in [0.15, 0.2) is 24.3 Å².